The Hall–Kier alpha value is -2.11. The lowest BCUT2D eigenvalue weighted by molar-refractivity contribution is -0.384. The number of carboxylic acids is 1. The Labute approximate surface area is 105 Å². The summed E-state index contributed by atoms with van der Waals surface area (Å²) in [6.45, 7) is 3.89. The zero-order chi connectivity index (χ0) is 13.9. The fourth-order valence-electron chi connectivity index (χ4n) is 1.60. The first-order valence-electron chi connectivity index (χ1n) is 5.63. The van der Waals surface area contributed by atoms with Crippen LogP contribution >= 0.6 is 0 Å². The molecule has 0 aromatic heterocycles. The number of nitro groups is 1. The van der Waals surface area contributed by atoms with Gasteiger partial charge in [0.05, 0.1) is 10.5 Å². The van der Waals surface area contributed by atoms with Crippen LogP contribution < -0.4 is 4.90 Å². The van der Waals surface area contributed by atoms with Crippen molar-refractivity contribution in [2.75, 3.05) is 11.9 Å². The number of carboxylic acid groups (broad SMARTS) is 1. The van der Waals surface area contributed by atoms with Crippen molar-refractivity contribution in [1.29, 1.82) is 0 Å². The van der Waals surface area contributed by atoms with E-state index >= 15 is 0 Å². The summed E-state index contributed by atoms with van der Waals surface area (Å²) in [5.74, 6) is -1.09. The third kappa shape index (κ3) is 2.77. The zero-order valence-electron chi connectivity index (χ0n) is 10.6. The number of aromatic carboxylic acids is 1. The number of anilines is 1. The van der Waals surface area contributed by atoms with E-state index in [0.29, 0.717) is 5.69 Å². The van der Waals surface area contributed by atoms with Gasteiger partial charge in [-0.3, -0.25) is 10.1 Å². The number of nitrogens with zero attached hydrogens (tertiary/aromatic N) is 2. The van der Waals surface area contributed by atoms with Gasteiger partial charge in [0, 0.05) is 19.2 Å². The lowest BCUT2D eigenvalue weighted by atomic mass is 10.1. The first kappa shape index (κ1) is 14.0. The quantitative estimate of drug-likeness (QED) is 0.643. The van der Waals surface area contributed by atoms with E-state index in [9.17, 15) is 14.9 Å². The Bertz CT molecular complexity index is 473. The molecule has 0 fully saturated rings. The molecule has 1 unspecified atom stereocenters. The fourth-order valence-corrected chi connectivity index (χ4v) is 1.60. The largest absolute Gasteiger partial charge is 0.478 e. The van der Waals surface area contributed by atoms with Gasteiger partial charge >= 0.3 is 5.97 Å². The van der Waals surface area contributed by atoms with Gasteiger partial charge in [-0.25, -0.2) is 4.79 Å². The van der Waals surface area contributed by atoms with E-state index < -0.39 is 10.9 Å². The molecule has 0 heterocycles. The molecular weight excluding hydrogens is 236 g/mol. The Kier molecular flexibility index (Phi) is 4.25. The van der Waals surface area contributed by atoms with Gasteiger partial charge in [0.1, 0.15) is 5.69 Å². The van der Waals surface area contributed by atoms with Crippen LogP contribution in [0.5, 0.6) is 0 Å². The molecule has 0 saturated carbocycles. The number of benzene rings is 1. The molecule has 6 nitrogen and oxygen atoms in total. The lowest BCUT2D eigenvalue weighted by Gasteiger charge is -2.25. The van der Waals surface area contributed by atoms with Gasteiger partial charge in [-0.2, -0.15) is 0 Å². The molecule has 0 bridgehead atoms. The predicted octanol–water partition coefficient (Wildman–Crippen LogP) is 2.53. The maximum absolute atomic E-state index is 10.9. The molecule has 0 radical (unpaired) electrons. The second-order valence-corrected chi connectivity index (χ2v) is 4.13. The Balaban J connectivity index is 3.31. The van der Waals surface area contributed by atoms with Crippen LogP contribution in [0.1, 0.15) is 30.6 Å². The van der Waals surface area contributed by atoms with Crippen molar-refractivity contribution in [1.82, 2.24) is 0 Å². The first-order chi connectivity index (χ1) is 8.38. The fraction of sp³-hybridized carbons (Fsp3) is 0.417. The molecule has 0 amide bonds. The Morgan fingerprint density at radius 1 is 1.56 bits per heavy atom. The molecule has 0 saturated heterocycles. The number of rotatable bonds is 5. The molecule has 0 spiro atoms. The Morgan fingerprint density at radius 2 is 2.17 bits per heavy atom. The summed E-state index contributed by atoms with van der Waals surface area (Å²) in [4.78, 5) is 23.1. The van der Waals surface area contributed by atoms with Crippen LogP contribution in [0.2, 0.25) is 0 Å². The van der Waals surface area contributed by atoms with E-state index in [1.807, 2.05) is 13.8 Å². The molecule has 98 valence electrons. The van der Waals surface area contributed by atoms with Crippen molar-refractivity contribution in [2.45, 2.75) is 26.3 Å². The molecule has 18 heavy (non-hydrogen) atoms. The third-order valence-corrected chi connectivity index (χ3v) is 3.05. The molecule has 0 aliphatic carbocycles. The van der Waals surface area contributed by atoms with Crippen LogP contribution in [0, 0.1) is 10.1 Å². The van der Waals surface area contributed by atoms with Crippen LogP contribution in [0.15, 0.2) is 18.2 Å². The van der Waals surface area contributed by atoms with E-state index in [1.54, 1.807) is 11.9 Å². The van der Waals surface area contributed by atoms with Gasteiger partial charge < -0.3 is 10.0 Å². The number of hydrogen-bond acceptors (Lipinski definition) is 4. The van der Waals surface area contributed by atoms with Crippen LogP contribution in [-0.2, 0) is 0 Å². The highest BCUT2D eigenvalue weighted by atomic mass is 16.6. The second kappa shape index (κ2) is 5.48. The highest BCUT2D eigenvalue weighted by molar-refractivity contribution is 5.90. The van der Waals surface area contributed by atoms with Gasteiger partial charge in [0.25, 0.3) is 5.69 Å². The van der Waals surface area contributed by atoms with Crippen LogP contribution in [0.4, 0.5) is 11.4 Å². The van der Waals surface area contributed by atoms with Crippen molar-refractivity contribution in [3.8, 4) is 0 Å². The van der Waals surface area contributed by atoms with Crippen molar-refractivity contribution >= 4 is 17.3 Å². The predicted molar refractivity (Wildman–Crippen MR) is 68.2 cm³/mol. The molecule has 1 aromatic rings. The average Bonchev–Trinajstić information content (AvgIpc) is 2.35. The van der Waals surface area contributed by atoms with Gasteiger partial charge in [-0.15, -0.1) is 0 Å². The topological polar surface area (TPSA) is 83.7 Å². The summed E-state index contributed by atoms with van der Waals surface area (Å²) < 4.78 is 0. The molecule has 1 aromatic carbocycles. The van der Waals surface area contributed by atoms with Gasteiger partial charge in [0.2, 0.25) is 0 Å². The minimum Gasteiger partial charge on any atom is -0.478 e. The van der Waals surface area contributed by atoms with Gasteiger partial charge in [-0.1, -0.05) is 6.92 Å². The highest BCUT2D eigenvalue weighted by Crippen LogP contribution is 2.30. The minimum absolute atomic E-state index is 0.0470. The molecule has 1 rings (SSSR count). The van der Waals surface area contributed by atoms with E-state index in [0.717, 1.165) is 6.42 Å². The smallest absolute Gasteiger partial charge is 0.335 e. The number of nitro benzene ring substituents is 1. The molecule has 0 aliphatic rings. The van der Waals surface area contributed by atoms with E-state index in [2.05, 4.69) is 0 Å². The minimum atomic E-state index is -1.09. The molecular formula is C12H16N2O4. The monoisotopic (exact) mass is 252 g/mol. The normalized spacial score (nSPS) is 11.9. The number of carbonyl (C=O) groups is 1. The summed E-state index contributed by atoms with van der Waals surface area (Å²) in [5, 5.41) is 19.9. The molecule has 0 aliphatic heterocycles. The van der Waals surface area contributed by atoms with Gasteiger partial charge in [-0.05, 0) is 25.5 Å². The summed E-state index contributed by atoms with van der Waals surface area (Å²) in [6.07, 6.45) is 0.810. The maximum atomic E-state index is 10.9. The summed E-state index contributed by atoms with van der Waals surface area (Å²) >= 11 is 0. The molecule has 1 atom stereocenters. The van der Waals surface area contributed by atoms with E-state index in [-0.39, 0.29) is 17.3 Å². The first-order valence-corrected chi connectivity index (χ1v) is 5.63. The lowest BCUT2D eigenvalue weighted by Crippen LogP contribution is -2.28. The standard InChI is InChI=1S/C12H16N2O4/c1-4-8(2)13(3)11-7-9(12(15)16)5-6-10(11)14(17)18/h5-8H,4H2,1-3H3,(H,15,16). The third-order valence-electron chi connectivity index (χ3n) is 3.05. The van der Waals surface area contributed by atoms with Crippen molar-refractivity contribution in [3.63, 3.8) is 0 Å². The molecule has 6 heteroatoms. The second-order valence-electron chi connectivity index (χ2n) is 4.13. The summed E-state index contributed by atoms with van der Waals surface area (Å²) in [5.41, 5.74) is 0.294. The van der Waals surface area contributed by atoms with Crippen LogP contribution in [-0.4, -0.2) is 29.1 Å². The zero-order valence-corrected chi connectivity index (χ0v) is 10.6. The van der Waals surface area contributed by atoms with Crippen LogP contribution in [0.25, 0.3) is 0 Å². The van der Waals surface area contributed by atoms with Gasteiger partial charge in [0.15, 0.2) is 0 Å². The molecule has 1 N–H and O–H groups in total. The van der Waals surface area contributed by atoms with Crippen molar-refractivity contribution in [2.24, 2.45) is 0 Å². The van der Waals surface area contributed by atoms with E-state index in [1.165, 1.54) is 18.2 Å². The van der Waals surface area contributed by atoms with Crippen LogP contribution in [0.3, 0.4) is 0 Å². The van der Waals surface area contributed by atoms with Crippen molar-refractivity contribution in [3.05, 3.63) is 33.9 Å². The number of hydrogen-bond donors (Lipinski definition) is 1. The average molecular weight is 252 g/mol. The van der Waals surface area contributed by atoms with Crippen molar-refractivity contribution < 1.29 is 14.8 Å². The Morgan fingerprint density at radius 3 is 2.61 bits per heavy atom. The maximum Gasteiger partial charge on any atom is 0.335 e. The highest BCUT2D eigenvalue weighted by Gasteiger charge is 2.21. The summed E-state index contributed by atoms with van der Waals surface area (Å²) in [7, 11) is 1.72. The van der Waals surface area contributed by atoms with E-state index in [4.69, 9.17) is 5.11 Å². The summed E-state index contributed by atoms with van der Waals surface area (Å²) in [6, 6.07) is 3.91. The SMILES string of the molecule is CCC(C)N(C)c1cc(C(=O)O)ccc1[N+](=O)[O-].